The molecule has 1 unspecified atom stereocenters. The van der Waals surface area contributed by atoms with E-state index >= 15 is 0 Å². The number of hydrogen-bond acceptors (Lipinski definition) is 5. The van der Waals surface area contributed by atoms with Gasteiger partial charge < -0.3 is 10.1 Å². The molecule has 11 heteroatoms. The SMILES string of the molecule is C=C(C)/C=C(C)\C=C\C(CC(C)C)NC(=O)c1cc(COc2cc(C)ccc2Cl)ccc1CCC(=O)NS(=O)(=O)c1ccc(F)c(F)c1. The van der Waals surface area contributed by atoms with Gasteiger partial charge in [-0.3, -0.25) is 9.59 Å². The third-order valence-electron chi connectivity index (χ3n) is 7.08. The highest BCUT2D eigenvalue weighted by atomic mass is 35.5. The van der Waals surface area contributed by atoms with E-state index < -0.39 is 32.5 Å². The van der Waals surface area contributed by atoms with Gasteiger partial charge in [0.1, 0.15) is 12.4 Å². The van der Waals surface area contributed by atoms with Gasteiger partial charge >= 0.3 is 0 Å². The number of ether oxygens (including phenoxy) is 1. The number of carbonyl (C=O) groups is 2. The van der Waals surface area contributed by atoms with Crippen LogP contribution in [-0.2, 0) is 27.8 Å². The summed E-state index contributed by atoms with van der Waals surface area (Å²) >= 11 is 6.30. The topological polar surface area (TPSA) is 102 Å². The van der Waals surface area contributed by atoms with Crippen LogP contribution in [0.1, 0.15) is 67.6 Å². The summed E-state index contributed by atoms with van der Waals surface area (Å²) in [5.41, 5.74) is 4.30. The first-order valence-electron chi connectivity index (χ1n) is 15.4. The minimum absolute atomic E-state index is 0.0118. The van der Waals surface area contributed by atoms with E-state index in [1.54, 1.807) is 24.3 Å². The fourth-order valence-corrected chi connectivity index (χ4v) is 6.02. The molecule has 3 aromatic rings. The molecule has 0 heterocycles. The number of halogens is 3. The van der Waals surface area contributed by atoms with Crippen molar-refractivity contribution in [1.29, 1.82) is 0 Å². The lowest BCUT2D eigenvalue weighted by atomic mass is 9.97. The Kier molecular flexibility index (Phi) is 13.7. The second kappa shape index (κ2) is 17.2. The van der Waals surface area contributed by atoms with Gasteiger partial charge in [-0.25, -0.2) is 21.9 Å². The fourth-order valence-electron chi connectivity index (χ4n) is 4.82. The minimum Gasteiger partial charge on any atom is -0.487 e. The van der Waals surface area contributed by atoms with Crippen LogP contribution >= 0.6 is 11.6 Å². The van der Waals surface area contributed by atoms with E-state index in [-0.39, 0.29) is 37.3 Å². The number of aryl methyl sites for hydroxylation is 2. The summed E-state index contributed by atoms with van der Waals surface area (Å²) in [7, 11) is -4.46. The lowest BCUT2D eigenvalue weighted by Crippen LogP contribution is -2.35. The molecule has 0 spiro atoms. The normalized spacial score (nSPS) is 12.6. The molecule has 0 radical (unpaired) electrons. The number of sulfonamides is 1. The second-order valence-electron chi connectivity index (χ2n) is 12.1. The Hall–Kier alpha value is -4.28. The van der Waals surface area contributed by atoms with Gasteiger partial charge in [0.25, 0.3) is 15.9 Å². The second-order valence-corrected chi connectivity index (χ2v) is 14.2. The van der Waals surface area contributed by atoms with Crippen LogP contribution in [0.5, 0.6) is 5.75 Å². The number of allylic oxidation sites excluding steroid dienone is 4. The molecule has 256 valence electrons. The first kappa shape index (κ1) is 38.2. The third kappa shape index (κ3) is 11.8. The van der Waals surface area contributed by atoms with Crippen LogP contribution in [0, 0.1) is 24.5 Å². The number of rotatable bonds is 15. The maximum Gasteiger partial charge on any atom is 0.264 e. The van der Waals surface area contributed by atoms with Crippen LogP contribution in [0.2, 0.25) is 5.02 Å². The van der Waals surface area contributed by atoms with Crippen molar-refractivity contribution >= 4 is 33.4 Å². The molecule has 1 atom stereocenters. The molecular formula is C37H41ClF2N2O5S. The Morgan fingerprint density at radius 3 is 2.42 bits per heavy atom. The van der Waals surface area contributed by atoms with E-state index in [0.29, 0.717) is 46.0 Å². The van der Waals surface area contributed by atoms with Gasteiger partial charge in [-0.1, -0.05) is 79.6 Å². The summed E-state index contributed by atoms with van der Waals surface area (Å²) < 4.78 is 60.0. The fraction of sp³-hybridized carbons (Fsp3) is 0.297. The molecule has 0 aromatic heterocycles. The van der Waals surface area contributed by atoms with Gasteiger partial charge in [0.15, 0.2) is 11.6 Å². The molecular weight excluding hydrogens is 658 g/mol. The van der Waals surface area contributed by atoms with Crippen LogP contribution in [-0.4, -0.2) is 26.3 Å². The van der Waals surface area contributed by atoms with E-state index in [1.165, 1.54) is 0 Å². The zero-order valence-electron chi connectivity index (χ0n) is 27.7. The van der Waals surface area contributed by atoms with E-state index in [0.717, 1.165) is 22.8 Å². The zero-order chi connectivity index (χ0) is 35.6. The highest BCUT2D eigenvalue weighted by Crippen LogP contribution is 2.27. The zero-order valence-corrected chi connectivity index (χ0v) is 29.3. The van der Waals surface area contributed by atoms with Crippen LogP contribution < -0.4 is 14.8 Å². The van der Waals surface area contributed by atoms with Crippen molar-refractivity contribution < 1.29 is 31.5 Å². The minimum atomic E-state index is -4.46. The first-order chi connectivity index (χ1) is 22.5. The lowest BCUT2D eigenvalue weighted by Gasteiger charge is -2.19. The molecule has 0 saturated carbocycles. The molecule has 0 bridgehead atoms. The molecule has 3 rings (SSSR count). The Labute approximate surface area is 286 Å². The van der Waals surface area contributed by atoms with Crippen molar-refractivity contribution in [2.75, 3.05) is 0 Å². The van der Waals surface area contributed by atoms with Gasteiger partial charge in [-0.15, -0.1) is 0 Å². The van der Waals surface area contributed by atoms with Crippen molar-refractivity contribution in [3.05, 3.63) is 129 Å². The molecule has 0 aliphatic heterocycles. The lowest BCUT2D eigenvalue weighted by molar-refractivity contribution is -0.119. The molecule has 0 saturated heterocycles. The number of hydrogen-bond donors (Lipinski definition) is 2. The van der Waals surface area contributed by atoms with Crippen molar-refractivity contribution in [3.63, 3.8) is 0 Å². The highest BCUT2D eigenvalue weighted by molar-refractivity contribution is 7.90. The molecule has 3 aromatic carbocycles. The van der Waals surface area contributed by atoms with E-state index in [4.69, 9.17) is 16.3 Å². The third-order valence-corrected chi connectivity index (χ3v) is 8.76. The number of nitrogens with one attached hydrogen (secondary N) is 2. The van der Waals surface area contributed by atoms with Crippen LogP contribution in [0.4, 0.5) is 8.78 Å². The molecule has 48 heavy (non-hydrogen) atoms. The standard InChI is InChI=1S/C37H41ClF2N2O5S/c1-23(2)17-25(5)7-12-29(18-24(3)4)41-37(44)31-20-27(22-47-35-19-26(6)8-14-32(35)38)9-10-28(31)11-16-36(43)42-48(45,46)30-13-15-33(39)34(40)21-30/h7-10,12-15,17,19-21,24,29H,1,11,16,18,22H2,2-6H3,(H,41,44)(H,42,43)/b12-7+,25-17-. The molecule has 2 amide bonds. The van der Waals surface area contributed by atoms with Crippen LogP contribution in [0.25, 0.3) is 0 Å². The molecule has 0 aliphatic carbocycles. The maximum absolute atomic E-state index is 13.8. The predicted molar refractivity (Wildman–Crippen MR) is 185 cm³/mol. The largest absolute Gasteiger partial charge is 0.487 e. The van der Waals surface area contributed by atoms with Crippen LogP contribution in [0.3, 0.4) is 0 Å². The molecule has 2 N–H and O–H groups in total. The summed E-state index contributed by atoms with van der Waals surface area (Å²) in [6.45, 7) is 13.9. The average Bonchev–Trinajstić information content (AvgIpc) is 2.99. The Balaban J connectivity index is 1.87. The molecule has 7 nitrogen and oxygen atoms in total. The summed E-state index contributed by atoms with van der Waals surface area (Å²) in [5.74, 6) is -3.08. The van der Waals surface area contributed by atoms with E-state index in [9.17, 15) is 26.8 Å². The first-order valence-corrected chi connectivity index (χ1v) is 17.2. The smallest absolute Gasteiger partial charge is 0.264 e. The average molecular weight is 699 g/mol. The van der Waals surface area contributed by atoms with Gasteiger partial charge in [0.05, 0.1) is 9.92 Å². The van der Waals surface area contributed by atoms with Crippen molar-refractivity contribution in [1.82, 2.24) is 10.0 Å². The van der Waals surface area contributed by atoms with Gasteiger partial charge in [0, 0.05) is 18.0 Å². The quantitative estimate of drug-likeness (QED) is 0.156. The Morgan fingerprint density at radius 1 is 1.02 bits per heavy atom. The van der Waals surface area contributed by atoms with Crippen molar-refractivity contribution in [2.45, 2.75) is 71.4 Å². The van der Waals surface area contributed by atoms with Crippen LogP contribution in [0.15, 0.2) is 95.4 Å². The number of amides is 2. The number of carbonyl (C=O) groups excluding carboxylic acids is 2. The van der Waals surface area contributed by atoms with Gasteiger partial charge in [-0.2, -0.15) is 0 Å². The molecule has 0 aliphatic rings. The Morgan fingerprint density at radius 2 is 1.75 bits per heavy atom. The van der Waals surface area contributed by atoms with Gasteiger partial charge in [-0.05, 0) is 92.6 Å². The monoisotopic (exact) mass is 698 g/mol. The van der Waals surface area contributed by atoms with Crippen molar-refractivity contribution in [2.24, 2.45) is 5.92 Å². The summed E-state index contributed by atoms with van der Waals surface area (Å²) in [4.78, 5) is 26.0. The van der Waals surface area contributed by atoms with E-state index in [2.05, 4.69) is 25.7 Å². The van der Waals surface area contributed by atoms with E-state index in [1.807, 2.05) is 55.9 Å². The highest BCUT2D eigenvalue weighted by Gasteiger charge is 2.21. The summed E-state index contributed by atoms with van der Waals surface area (Å²) in [6, 6.07) is 12.2. The van der Waals surface area contributed by atoms with Crippen molar-refractivity contribution in [3.8, 4) is 5.75 Å². The number of benzene rings is 3. The predicted octanol–water partition coefficient (Wildman–Crippen LogP) is 8.17. The van der Waals surface area contributed by atoms with Gasteiger partial charge in [0.2, 0.25) is 5.91 Å². The maximum atomic E-state index is 13.8. The molecule has 0 fully saturated rings. The summed E-state index contributed by atoms with van der Waals surface area (Å²) in [5, 5.41) is 3.53. The summed E-state index contributed by atoms with van der Waals surface area (Å²) in [6.07, 6.45) is 6.16. The Bertz CT molecular complexity index is 1840.